The number of nitrogens with zero attached hydrogens (tertiary/aromatic N) is 2. The molecule has 1 aromatic rings. The molecule has 0 unspecified atom stereocenters. The number of aromatic nitrogens is 1. The maximum absolute atomic E-state index is 12.1. The number of piperidine rings is 1. The topological polar surface area (TPSA) is 96.5 Å². The average molecular weight is 255 g/mol. The second kappa shape index (κ2) is 4.70. The number of carbonyl (C=O) groups excluding carboxylic acids is 1. The van der Waals surface area contributed by atoms with Crippen LogP contribution in [0.1, 0.15) is 39.4 Å². The second-order valence-electron chi connectivity index (χ2n) is 3.93. The summed E-state index contributed by atoms with van der Waals surface area (Å²) in [5, 5.41) is 8.84. The number of aromatic carboxylic acids is 1. The van der Waals surface area contributed by atoms with Gasteiger partial charge in [0.25, 0.3) is 5.91 Å². The summed E-state index contributed by atoms with van der Waals surface area (Å²) in [4.78, 5) is 24.5. The number of hydrogen-bond acceptors (Lipinski definition) is 5. The molecule has 0 atom stereocenters. The molecule has 2 rings (SSSR count). The Morgan fingerprint density at radius 1 is 1.29 bits per heavy atom. The molecule has 0 spiro atoms. The lowest BCUT2D eigenvalue weighted by Crippen LogP contribution is -2.36. The second-order valence-corrected chi connectivity index (χ2v) is 4.71. The number of hydrogen-bond donors (Lipinski definition) is 2. The molecule has 92 valence electrons. The van der Waals surface area contributed by atoms with Gasteiger partial charge in [0.1, 0.15) is 0 Å². The number of carbonyl (C=O) groups is 2. The van der Waals surface area contributed by atoms with Crippen molar-refractivity contribution < 1.29 is 14.7 Å². The minimum Gasteiger partial charge on any atom is -0.477 e. The fraction of sp³-hybridized carbons (Fsp3) is 0.500. The number of likely N-dealkylation sites (tertiary alicyclic amines) is 1. The van der Waals surface area contributed by atoms with Crippen molar-refractivity contribution in [3.63, 3.8) is 0 Å². The van der Waals surface area contributed by atoms with Gasteiger partial charge in [-0.15, -0.1) is 0 Å². The molecule has 2 heterocycles. The first-order valence-electron chi connectivity index (χ1n) is 5.39. The van der Waals surface area contributed by atoms with Crippen LogP contribution in [-0.2, 0) is 0 Å². The molecule has 0 aromatic carbocycles. The Balaban J connectivity index is 2.21. The lowest BCUT2D eigenvalue weighted by Gasteiger charge is -2.26. The van der Waals surface area contributed by atoms with Gasteiger partial charge in [-0.1, -0.05) is 0 Å². The quantitative estimate of drug-likeness (QED) is 0.823. The maximum atomic E-state index is 12.1. The summed E-state index contributed by atoms with van der Waals surface area (Å²) in [5.41, 5.74) is 5.69. The highest BCUT2D eigenvalue weighted by atomic mass is 32.1. The van der Waals surface area contributed by atoms with Crippen molar-refractivity contribution in [1.82, 2.24) is 9.27 Å². The molecule has 1 fully saturated rings. The fourth-order valence-electron chi connectivity index (χ4n) is 1.85. The smallest absolute Gasteiger partial charge is 0.349 e. The van der Waals surface area contributed by atoms with Crippen molar-refractivity contribution in [2.24, 2.45) is 0 Å². The summed E-state index contributed by atoms with van der Waals surface area (Å²) in [6, 6.07) is 0. The van der Waals surface area contributed by atoms with Crippen LogP contribution in [0.15, 0.2) is 0 Å². The summed E-state index contributed by atoms with van der Waals surface area (Å²) in [5.74, 6) is -1.40. The van der Waals surface area contributed by atoms with Crippen LogP contribution in [0.2, 0.25) is 0 Å². The van der Waals surface area contributed by atoms with Gasteiger partial charge < -0.3 is 15.7 Å². The highest BCUT2D eigenvalue weighted by Gasteiger charge is 2.26. The molecule has 1 aliphatic heterocycles. The normalized spacial score (nSPS) is 15.9. The Hall–Kier alpha value is -1.63. The molecule has 1 aromatic heterocycles. The van der Waals surface area contributed by atoms with Gasteiger partial charge in [0.15, 0.2) is 10.6 Å². The SMILES string of the molecule is Nc1c(C(=O)N2CCCCC2)nsc1C(=O)O. The van der Waals surface area contributed by atoms with Gasteiger partial charge in [-0.25, -0.2) is 4.79 Å². The van der Waals surface area contributed by atoms with Crippen LogP contribution in [0.3, 0.4) is 0 Å². The van der Waals surface area contributed by atoms with E-state index in [4.69, 9.17) is 10.8 Å². The van der Waals surface area contributed by atoms with Crippen molar-refractivity contribution in [3.05, 3.63) is 10.6 Å². The van der Waals surface area contributed by atoms with Crippen LogP contribution in [0.25, 0.3) is 0 Å². The Labute approximate surface area is 102 Å². The molecule has 0 radical (unpaired) electrons. The van der Waals surface area contributed by atoms with Crippen molar-refractivity contribution in [1.29, 1.82) is 0 Å². The van der Waals surface area contributed by atoms with Crippen molar-refractivity contribution in [2.75, 3.05) is 18.8 Å². The Bertz CT molecular complexity index is 452. The van der Waals surface area contributed by atoms with E-state index in [0.29, 0.717) is 13.1 Å². The van der Waals surface area contributed by atoms with E-state index < -0.39 is 5.97 Å². The van der Waals surface area contributed by atoms with E-state index in [1.807, 2.05) is 0 Å². The first-order valence-corrected chi connectivity index (χ1v) is 6.16. The molecule has 1 aliphatic rings. The molecule has 1 saturated heterocycles. The predicted molar refractivity (Wildman–Crippen MR) is 63.2 cm³/mol. The van der Waals surface area contributed by atoms with Crippen LogP contribution >= 0.6 is 11.5 Å². The molecule has 17 heavy (non-hydrogen) atoms. The van der Waals surface area contributed by atoms with Crippen LogP contribution < -0.4 is 5.73 Å². The third-order valence-corrected chi connectivity index (χ3v) is 3.62. The standard InChI is InChI=1S/C10H13N3O3S/c11-6-7(12-17-8(6)10(15)16)9(14)13-4-2-1-3-5-13/h1-5,11H2,(H,15,16). The van der Waals surface area contributed by atoms with E-state index in [1.165, 1.54) is 0 Å². The third kappa shape index (κ3) is 2.23. The number of carboxylic acid groups (broad SMARTS) is 1. The summed E-state index contributed by atoms with van der Waals surface area (Å²) in [7, 11) is 0. The Morgan fingerprint density at radius 2 is 1.94 bits per heavy atom. The summed E-state index contributed by atoms with van der Waals surface area (Å²) < 4.78 is 3.86. The Kier molecular flexibility index (Phi) is 3.28. The molecular formula is C10H13N3O3S. The average Bonchev–Trinajstić information content (AvgIpc) is 2.71. The summed E-state index contributed by atoms with van der Waals surface area (Å²) in [6.07, 6.45) is 3.07. The molecule has 0 saturated carbocycles. The molecule has 1 amide bonds. The van der Waals surface area contributed by atoms with Gasteiger partial charge >= 0.3 is 5.97 Å². The van der Waals surface area contributed by atoms with Gasteiger partial charge in [-0.2, -0.15) is 4.37 Å². The van der Waals surface area contributed by atoms with Crippen LogP contribution in [0, 0.1) is 0 Å². The van der Waals surface area contributed by atoms with E-state index >= 15 is 0 Å². The number of amides is 1. The number of nitrogen functional groups attached to an aromatic ring is 1. The van der Waals surface area contributed by atoms with Crippen molar-refractivity contribution in [2.45, 2.75) is 19.3 Å². The van der Waals surface area contributed by atoms with E-state index in [1.54, 1.807) is 4.90 Å². The molecule has 7 heteroatoms. The Morgan fingerprint density at radius 3 is 2.47 bits per heavy atom. The first-order chi connectivity index (χ1) is 8.11. The summed E-state index contributed by atoms with van der Waals surface area (Å²) >= 11 is 0.755. The zero-order valence-corrected chi connectivity index (χ0v) is 10.00. The molecule has 6 nitrogen and oxygen atoms in total. The van der Waals surface area contributed by atoms with Crippen molar-refractivity contribution >= 4 is 29.1 Å². The van der Waals surface area contributed by atoms with Gasteiger partial charge in [0.05, 0.1) is 5.69 Å². The highest BCUT2D eigenvalue weighted by molar-refractivity contribution is 7.08. The monoisotopic (exact) mass is 255 g/mol. The number of carboxylic acids is 1. The minimum atomic E-state index is -1.14. The fourth-order valence-corrected chi connectivity index (χ4v) is 2.48. The first kappa shape index (κ1) is 11.8. The van der Waals surface area contributed by atoms with E-state index in [0.717, 1.165) is 30.8 Å². The van der Waals surface area contributed by atoms with Gasteiger partial charge in [-0.3, -0.25) is 4.79 Å². The van der Waals surface area contributed by atoms with Crippen LogP contribution in [-0.4, -0.2) is 39.3 Å². The minimum absolute atomic E-state index is 0.0157. The summed E-state index contributed by atoms with van der Waals surface area (Å²) in [6.45, 7) is 1.39. The van der Waals surface area contributed by atoms with Crippen LogP contribution in [0.5, 0.6) is 0 Å². The predicted octanol–water partition coefficient (Wildman–Crippen LogP) is 1.05. The van der Waals surface area contributed by atoms with Crippen LogP contribution in [0.4, 0.5) is 5.69 Å². The largest absolute Gasteiger partial charge is 0.477 e. The number of nitrogens with two attached hydrogens (primary N) is 1. The number of anilines is 1. The highest BCUT2D eigenvalue weighted by Crippen LogP contribution is 2.24. The van der Waals surface area contributed by atoms with E-state index in [2.05, 4.69) is 4.37 Å². The number of rotatable bonds is 2. The molecular weight excluding hydrogens is 242 g/mol. The van der Waals surface area contributed by atoms with Crippen molar-refractivity contribution in [3.8, 4) is 0 Å². The van der Waals surface area contributed by atoms with Gasteiger partial charge in [-0.05, 0) is 30.8 Å². The lowest BCUT2D eigenvalue weighted by molar-refractivity contribution is 0.0702. The van der Waals surface area contributed by atoms with Gasteiger partial charge in [0, 0.05) is 13.1 Å². The lowest BCUT2D eigenvalue weighted by atomic mass is 10.1. The third-order valence-electron chi connectivity index (χ3n) is 2.77. The molecule has 3 N–H and O–H groups in total. The van der Waals surface area contributed by atoms with Gasteiger partial charge in [0.2, 0.25) is 0 Å². The van der Waals surface area contributed by atoms with E-state index in [9.17, 15) is 9.59 Å². The maximum Gasteiger partial charge on any atom is 0.349 e. The van der Waals surface area contributed by atoms with E-state index in [-0.39, 0.29) is 22.2 Å². The molecule has 0 bridgehead atoms. The molecule has 0 aliphatic carbocycles. The zero-order valence-electron chi connectivity index (χ0n) is 9.18. The zero-order chi connectivity index (χ0) is 12.4.